The average Bonchev–Trinajstić information content (AvgIpc) is 2.48. The molecule has 0 radical (unpaired) electrons. The summed E-state index contributed by atoms with van der Waals surface area (Å²) in [4.78, 5) is 33.2. The SMILES string of the molecule is O=CNc1c(C(=O)O)cc(-c2ccccc2)cc1C(=O)O. The normalized spacial score (nSPS) is 9.90. The molecule has 0 unspecified atom stereocenters. The second-order valence-corrected chi connectivity index (χ2v) is 4.18. The van der Waals surface area contributed by atoms with Crippen molar-refractivity contribution in [3.63, 3.8) is 0 Å². The van der Waals surface area contributed by atoms with Gasteiger partial charge in [0.1, 0.15) is 0 Å². The Hall–Kier alpha value is -3.15. The van der Waals surface area contributed by atoms with Gasteiger partial charge < -0.3 is 15.5 Å². The van der Waals surface area contributed by atoms with E-state index in [1.807, 2.05) is 0 Å². The number of nitrogens with one attached hydrogen (secondary N) is 1. The number of carboxylic acid groups (broad SMARTS) is 2. The van der Waals surface area contributed by atoms with E-state index in [1.165, 1.54) is 12.1 Å². The monoisotopic (exact) mass is 285 g/mol. The largest absolute Gasteiger partial charge is 0.478 e. The molecule has 0 aromatic heterocycles. The van der Waals surface area contributed by atoms with E-state index >= 15 is 0 Å². The average molecular weight is 285 g/mol. The highest BCUT2D eigenvalue weighted by Gasteiger charge is 2.20. The van der Waals surface area contributed by atoms with E-state index in [9.17, 15) is 24.6 Å². The Balaban J connectivity index is 2.73. The molecule has 3 N–H and O–H groups in total. The smallest absolute Gasteiger partial charge is 0.337 e. The summed E-state index contributed by atoms with van der Waals surface area (Å²) in [7, 11) is 0. The molecule has 0 aliphatic carbocycles. The number of hydrogen-bond acceptors (Lipinski definition) is 3. The zero-order valence-electron chi connectivity index (χ0n) is 10.7. The van der Waals surface area contributed by atoms with E-state index in [0.717, 1.165) is 0 Å². The molecule has 2 aromatic carbocycles. The maximum atomic E-state index is 11.3. The van der Waals surface area contributed by atoms with E-state index in [0.29, 0.717) is 11.1 Å². The first-order valence-corrected chi connectivity index (χ1v) is 5.95. The number of aromatic carboxylic acids is 2. The van der Waals surface area contributed by atoms with E-state index < -0.39 is 11.9 Å². The number of hydrogen-bond donors (Lipinski definition) is 3. The summed E-state index contributed by atoms with van der Waals surface area (Å²) in [6.45, 7) is 0. The van der Waals surface area contributed by atoms with Gasteiger partial charge in [0.05, 0.1) is 16.8 Å². The van der Waals surface area contributed by atoms with E-state index in [2.05, 4.69) is 5.32 Å². The van der Waals surface area contributed by atoms with Crippen molar-refractivity contribution in [2.24, 2.45) is 0 Å². The Morgan fingerprint density at radius 2 is 1.43 bits per heavy atom. The Kier molecular flexibility index (Phi) is 3.99. The Morgan fingerprint density at radius 1 is 0.905 bits per heavy atom. The fourth-order valence-corrected chi connectivity index (χ4v) is 1.99. The second-order valence-electron chi connectivity index (χ2n) is 4.18. The third-order valence-corrected chi connectivity index (χ3v) is 2.91. The van der Waals surface area contributed by atoms with Gasteiger partial charge in [0.2, 0.25) is 6.41 Å². The van der Waals surface area contributed by atoms with Crippen LogP contribution in [0.25, 0.3) is 11.1 Å². The van der Waals surface area contributed by atoms with Crippen LogP contribution in [-0.2, 0) is 4.79 Å². The van der Waals surface area contributed by atoms with Gasteiger partial charge in [0.15, 0.2) is 0 Å². The molecule has 6 nitrogen and oxygen atoms in total. The van der Waals surface area contributed by atoms with E-state index in [-0.39, 0.29) is 23.2 Å². The molecule has 1 amide bonds. The van der Waals surface area contributed by atoms with Crippen LogP contribution in [0.1, 0.15) is 20.7 Å². The molecule has 6 heteroatoms. The molecular weight excluding hydrogens is 274 g/mol. The lowest BCUT2D eigenvalue weighted by Gasteiger charge is -2.12. The maximum absolute atomic E-state index is 11.3. The lowest BCUT2D eigenvalue weighted by atomic mass is 9.97. The van der Waals surface area contributed by atoms with Crippen LogP contribution >= 0.6 is 0 Å². The van der Waals surface area contributed by atoms with Crippen molar-refractivity contribution in [1.29, 1.82) is 0 Å². The lowest BCUT2D eigenvalue weighted by molar-refractivity contribution is -0.105. The highest BCUT2D eigenvalue weighted by atomic mass is 16.4. The summed E-state index contributed by atoms with van der Waals surface area (Å²) in [6, 6.07) is 11.4. The van der Waals surface area contributed by atoms with Gasteiger partial charge in [-0.1, -0.05) is 30.3 Å². The summed E-state index contributed by atoms with van der Waals surface area (Å²) >= 11 is 0. The number of carboxylic acids is 2. The quantitative estimate of drug-likeness (QED) is 0.731. The molecule has 0 saturated carbocycles. The number of benzene rings is 2. The van der Waals surface area contributed by atoms with Crippen LogP contribution in [0.4, 0.5) is 5.69 Å². The van der Waals surface area contributed by atoms with Crippen molar-refractivity contribution in [3.05, 3.63) is 53.6 Å². The Morgan fingerprint density at radius 3 is 1.86 bits per heavy atom. The summed E-state index contributed by atoms with van der Waals surface area (Å²) in [5.41, 5.74) is 0.341. The van der Waals surface area contributed by atoms with Crippen LogP contribution in [0.3, 0.4) is 0 Å². The molecule has 2 aromatic rings. The molecule has 0 atom stereocenters. The topological polar surface area (TPSA) is 104 Å². The minimum absolute atomic E-state index is 0.232. The standard InChI is InChI=1S/C15H11NO5/c17-8-16-13-11(14(18)19)6-10(7-12(13)15(20)21)9-4-2-1-3-5-9/h1-8H,(H,16,17)(H,18,19)(H,20,21). The van der Waals surface area contributed by atoms with Gasteiger partial charge in [-0.15, -0.1) is 0 Å². The highest BCUT2D eigenvalue weighted by molar-refractivity contribution is 6.07. The zero-order valence-corrected chi connectivity index (χ0v) is 10.7. The maximum Gasteiger partial charge on any atom is 0.337 e. The third-order valence-electron chi connectivity index (χ3n) is 2.91. The fourth-order valence-electron chi connectivity index (χ4n) is 1.99. The van der Waals surface area contributed by atoms with Crippen molar-refractivity contribution < 1.29 is 24.6 Å². The lowest BCUT2D eigenvalue weighted by Crippen LogP contribution is -2.11. The summed E-state index contributed by atoms with van der Waals surface area (Å²) < 4.78 is 0. The number of rotatable bonds is 5. The van der Waals surface area contributed by atoms with Crippen LogP contribution < -0.4 is 5.32 Å². The van der Waals surface area contributed by atoms with Gasteiger partial charge >= 0.3 is 11.9 Å². The van der Waals surface area contributed by atoms with Crippen molar-refractivity contribution in [3.8, 4) is 11.1 Å². The van der Waals surface area contributed by atoms with Crippen LogP contribution in [0.2, 0.25) is 0 Å². The predicted octanol–water partition coefficient (Wildman–Crippen LogP) is 2.32. The molecule has 0 saturated heterocycles. The molecule has 0 bridgehead atoms. The van der Waals surface area contributed by atoms with Gasteiger partial charge in [-0.2, -0.15) is 0 Å². The zero-order chi connectivity index (χ0) is 15.4. The molecule has 21 heavy (non-hydrogen) atoms. The Bertz CT molecular complexity index is 674. The molecule has 0 aliphatic heterocycles. The highest BCUT2D eigenvalue weighted by Crippen LogP contribution is 2.29. The van der Waals surface area contributed by atoms with Gasteiger partial charge in [-0.3, -0.25) is 4.79 Å². The molecule has 2 rings (SSSR count). The minimum atomic E-state index is -1.32. The molecule has 106 valence electrons. The van der Waals surface area contributed by atoms with Gasteiger partial charge in [0.25, 0.3) is 0 Å². The first-order valence-electron chi connectivity index (χ1n) is 5.95. The van der Waals surface area contributed by atoms with Crippen LogP contribution in [-0.4, -0.2) is 28.6 Å². The van der Waals surface area contributed by atoms with E-state index in [1.54, 1.807) is 30.3 Å². The number of amides is 1. The predicted molar refractivity (Wildman–Crippen MR) is 75.5 cm³/mol. The Labute approximate surface area is 119 Å². The minimum Gasteiger partial charge on any atom is -0.478 e. The van der Waals surface area contributed by atoms with Gasteiger partial charge in [-0.05, 0) is 23.3 Å². The number of carbonyl (C=O) groups excluding carboxylic acids is 1. The molecule has 0 heterocycles. The van der Waals surface area contributed by atoms with Crippen LogP contribution in [0, 0.1) is 0 Å². The molecule has 0 fully saturated rings. The third kappa shape index (κ3) is 2.89. The molecule has 0 spiro atoms. The fraction of sp³-hybridized carbons (Fsp3) is 0. The van der Waals surface area contributed by atoms with Crippen molar-refractivity contribution in [2.45, 2.75) is 0 Å². The van der Waals surface area contributed by atoms with Crippen LogP contribution in [0.5, 0.6) is 0 Å². The molecular formula is C15H11NO5. The van der Waals surface area contributed by atoms with Gasteiger partial charge in [-0.25, -0.2) is 9.59 Å². The first kappa shape index (κ1) is 14.3. The first-order chi connectivity index (χ1) is 10.0. The molecule has 0 aliphatic rings. The summed E-state index contributed by atoms with van der Waals surface area (Å²) in [5.74, 6) is -2.64. The van der Waals surface area contributed by atoms with Crippen molar-refractivity contribution >= 4 is 24.0 Å². The summed E-state index contributed by atoms with van der Waals surface area (Å²) in [5, 5.41) is 20.6. The van der Waals surface area contributed by atoms with E-state index in [4.69, 9.17) is 0 Å². The van der Waals surface area contributed by atoms with Crippen LogP contribution in [0.15, 0.2) is 42.5 Å². The van der Waals surface area contributed by atoms with Crippen molar-refractivity contribution in [1.82, 2.24) is 0 Å². The second kappa shape index (κ2) is 5.87. The number of carbonyl (C=O) groups is 3. The summed E-state index contributed by atoms with van der Waals surface area (Å²) in [6.07, 6.45) is 0.246. The number of anilines is 1. The van der Waals surface area contributed by atoms with Crippen molar-refractivity contribution in [2.75, 3.05) is 5.32 Å². The van der Waals surface area contributed by atoms with Gasteiger partial charge in [0, 0.05) is 0 Å².